The molecular formula is C18H22N2S. The number of benzene rings is 1. The lowest BCUT2D eigenvalue weighted by atomic mass is 10.1. The van der Waals surface area contributed by atoms with Gasteiger partial charge < -0.3 is 9.88 Å². The van der Waals surface area contributed by atoms with Gasteiger partial charge in [0.1, 0.15) is 0 Å². The number of nitrogens with zero attached hydrogens (tertiary/aromatic N) is 1. The van der Waals surface area contributed by atoms with E-state index in [-0.39, 0.29) is 0 Å². The Bertz CT molecular complexity index is 738. The maximum Gasteiger partial charge on any atom is 0.0485 e. The SMILES string of the molecule is CNCc1ccc2c(c1)c(C)c(C)n2CCc1ccsc1. The summed E-state index contributed by atoms with van der Waals surface area (Å²) in [5.41, 5.74) is 6.95. The minimum Gasteiger partial charge on any atom is -0.344 e. The van der Waals surface area contributed by atoms with Crippen molar-refractivity contribution in [3.8, 4) is 0 Å². The first-order chi connectivity index (χ1) is 10.2. The van der Waals surface area contributed by atoms with Crippen LogP contribution in [-0.4, -0.2) is 11.6 Å². The Morgan fingerprint density at radius 3 is 2.71 bits per heavy atom. The molecule has 0 amide bonds. The van der Waals surface area contributed by atoms with Crippen LogP contribution < -0.4 is 5.32 Å². The summed E-state index contributed by atoms with van der Waals surface area (Å²) in [6.45, 7) is 6.45. The molecule has 110 valence electrons. The molecule has 2 nitrogen and oxygen atoms in total. The van der Waals surface area contributed by atoms with Crippen LogP contribution in [0.25, 0.3) is 10.9 Å². The third-order valence-electron chi connectivity index (χ3n) is 4.29. The molecule has 3 heteroatoms. The van der Waals surface area contributed by atoms with Crippen LogP contribution >= 0.6 is 11.3 Å². The maximum absolute atomic E-state index is 3.23. The minimum atomic E-state index is 0.925. The molecule has 0 fully saturated rings. The van der Waals surface area contributed by atoms with E-state index in [9.17, 15) is 0 Å². The lowest BCUT2D eigenvalue weighted by Crippen LogP contribution is -2.05. The highest BCUT2D eigenvalue weighted by Crippen LogP contribution is 2.26. The molecule has 0 aliphatic heterocycles. The van der Waals surface area contributed by atoms with Crippen LogP contribution in [-0.2, 0) is 19.5 Å². The summed E-state index contributed by atoms with van der Waals surface area (Å²) in [5, 5.41) is 9.03. The van der Waals surface area contributed by atoms with Crippen molar-refractivity contribution in [3.05, 3.63) is 57.4 Å². The van der Waals surface area contributed by atoms with Crippen LogP contribution in [0.15, 0.2) is 35.0 Å². The summed E-state index contributed by atoms with van der Waals surface area (Å²) in [4.78, 5) is 0. The zero-order valence-corrected chi connectivity index (χ0v) is 13.8. The van der Waals surface area contributed by atoms with Gasteiger partial charge in [0, 0.05) is 29.7 Å². The van der Waals surface area contributed by atoms with E-state index in [2.05, 4.69) is 58.8 Å². The van der Waals surface area contributed by atoms with Crippen LogP contribution in [0.5, 0.6) is 0 Å². The number of hydrogen-bond donors (Lipinski definition) is 1. The van der Waals surface area contributed by atoms with Gasteiger partial charge in [-0.3, -0.25) is 0 Å². The normalized spacial score (nSPS) is 11.4. The highest BCUT2D eigenvalue weighted by Gasteiger charge is 2.11. The van der Waals surface area contributed by atoms with Gasteiger partial charge in [-0.05, 0) is 73.0 Å². The van der Waals surface area contributed by atoms with E-state index in [1.807, 2.05) is 7.05 Å². The van der Waals surface area contributed by atoms with Gasteiger partial charge in [0.2, 0.25) is 0 Å². The Hall–Kier alpha value is -1.58. The third-order valence-corrected chi connectivity index (χ3v) is 5.02. The predicted octanol–water partition coefficient (Wildman–Crippen LogP) is 4.28. The zero-order valence-electron chi connectivity index (χ0n) is 12.9. The molecule has 2 heterocycles. The summed E-state index contributed by atoms with van der Waals surface area (Å²) in [5.74, 6) is 0. The first kappa shape index (κ1) is 14.4. The summed E-state index contributed by atoms with van der Waals surface area (Å²) in [7, 11) is 1.99. The number of hydrogen-bond acceptors (Lipinski definition) is 2. The van der Waals surface area contributed by atoms with Crippen molar-refractivity contribution >= 4 is 22.2 Å². The number of aromatic nitrogens is 1. The Balaban J connectivity index is 1.96. The van der Waals surface area contributed by atoms with Gasteiger partial charge in [-0.1, -0.05) is 6.07 Å². The van der Waals surface area contributed by atoms with Crippen LogP contribution in [0.2, 0.25) is 0 Å². The Labute approximate surface area is 130 Å². The van der Waals surface area contributed by atoms with Crippen molar-refractivity contribution in [1.29, 1.82) is 0 Å². The summed E-state index contributed by atoms with van der Waals surface area (Å²) in [6.07, 6.45) is 1.10. The molecule has 0 atom stereocenters. The van der Waals surface area contributed by atoms with Gasteiger partial charge in [0.15, 0.2) is 0 Å². The molecule has 0 spiro atoms. The summed E-state index contributed by atoms with van der Waals surface area (Å²) >= 11 is 1.78. The first-order valence-corrected chi connectivity index (χ1v) is 8.39. The van der Waals surface area contributed by atoms with Crippen LogP contribution in [0.3, 0.4) is 0 Å². The Morgan fingerprint density at radius 2 is 2.00 bits per heavy atom. The molecule has 1 N–H and O–H groups in total. The minimum absolute atomic E-state index is 0.925. The molecule has 0 radical (unpaired) electrons. The number of fused-ring (bicyclic) bond motifs is 1. The predicted molar refractivity (Wildman–Crippen MR) is 92.2 cm³/mol. The molecule has 2 aromatic heterocycles. The van der Waals surface area contributed by atoms with Crippen LogP contribution in [0.1, 0.15) is 22.4 Å². The highest BCUT2D eigenvalue weighted by atomic mass is 32.1. The van der Waals surface area contributed by atoms with E-state index in [1.165, 1.54) is 33.3 Å². The molecule has 0 aliphatic carbocycles. The quantitative estimate of drug-likeness (QED) is 0.744. The number of thiophene rings is 1. The van der Waals surface area contributed by atoms with Gasteiger partial charge in [-0.2, -0.15) is 11.3 Å². The number of nitrogens with one attached hydrogen (secondary N) is 1. The fourth-order valence-electron chi connectivity index (χ4n) is 2.97. The van der Waals surface area contributed by atoms with Crippen LogP contribution in [0, 0.1) is 13.8 Å². The van der Waals surface area contributed by atoms with Crippen molar-refractivity contribution < 1.29 is 0 Å². The summed E-state index contributed by atoms with van der Waals surface area (Å²) < 4.78 is 2.46. The van der Waals surface area contributed by atoms with Crippen molar-refractivity contribution in [2.24, 2.45) is 0 Å². The topological polar surface area (TPSA) is 17.0 Å². The fourth-order valence-corrected chi connectivity index (χ4v) is 3.68. The lowest BCUT2D eigenvalue weighted by molar-refractivity contribution is 0.702. The second-order valence-electron chi connectivity index (χ2n) is 5.63. The van der Waals surface area contributed by atoms with E-state index < -0.39 is 0 Å². The van der Waals surface area contributed by atoms with E-state index in [0.29, 0.717) is 0 Å². The zero-order chi connectivity index (χ0) is 14.8. The van der Waals surface area contributed by atoms with Gasteiger partial charge in [-0.15, -0.1) is 0 Å². The maximum atomic E-state index is 3.23. The largest absolute Gasteiger partial charge is 0.344 e. The summed E-state index contributed by atoms with van der Waals surface area (Å²) in [6, 6.07) is 9.06. The van der Waals surface area contributed by atoms with Gasteiger partial charge in [0.25, 0.3) is 0 Å². The second-order valence-corrected chi connectivity index (χ2v) is 6.41. The van der Waals surface area contributed by atoms with Gasteiger partial charge >= 0.3 is 0 Å². The molecule has 0 unspecified atom stereocenters. The third kappa shape index (κ3) is 2.76. The van der Waals surface area contributed by atoms with Gasteiger partial charge in [0.05, 0.1) is 0 Å². The average Bonchev–Trinajstić information content (AvgIpc) is 3.07. The number of aryl methyl sites for hydroxylation is 3. The van der Waals surface area contributed by atoms with Crippen molar-refractivity contribution in [1.82, 2.24) is 9.88 Å². The van der Waals surface area contributed by atoms with Crippen molar-refractivity contribution in [2.45, 2.75) is 33.4 Å². The number of rotatable bonds is 5. The molecule has 0 saturated carbocycles. The second kappa shape index (κ2) is 6.04. The van der Waals surface area contributed by atoms with Crippen molar-refractivity contribution in [3.63, 3.8) is 0 Å². The molecule has 0 bridgehead atoms. The first-order valence-electron chi connectivity index (χ1n) is 7.44. The Kier molecular flexibility index (Phi) is 4.13. The van der Waals surface area contributed by atoms with Crippen LogP contribution in [0.4, 0.5) is 0 Å². The molecule has 0 saturated heterocycles. The van der Waals surface area contributed by atoms with E-state index >= 15 is 0 Å². The molecule has 3 rings (SSSR count). The van der Waals surface area contributed by atoms with E-state index in [0.717, 1.165) is 19.5 Å². The fraction of sp³-hybridized carbons (Fsp3) is 0.333. The van der Waals surface area contributed by atoms with Gasteiger partial charge in [-0.25, -0.2) is 0 Å². The van der Waals surface area contributed by atoms with E-state index in [1.54, 1.807) is 11.3 Å². The molecule has 21 heavy (non-hydrogen) atoms. The molecular weight excluding hydrogens is 276 g/mol. The Morgan fingerprint density at radius 1 is 1.14 bits per heavy atom. The molecule has 1 aromatic carbocycles. The van der Waals surface area contributed by atoms with E-state index in [4.69, 9.17) is 0 Å². The average molecular weight is 298 g/mol. The molecule has 0 aliphatic rings. The van der Waals surface area contributed by atoms with Crippen molar-refractivity contribution in [2.75, 3.05) is 7.05 Å². The smallest absolute Gasteiger partial charge is 0.0485 e. The lowest BCUT2D eigenvalue weighted by Gasteiger charge is -2.08. The standard InChI is InChI=1S/C18H22N2S/c1-13-14(2)20(8-6-15-7-9-21-12-15)18-5-4-16(11-19-3)10-17(13)18/h4-5,7,9-10,12,19H,6,8,11H2,1-3H3. The molecule has 3 aromatic rings. The monoisotopic (exact) mass is 298 g/mol. The highest BCUT2D eigenvalue weighted by molar-refractivity contribution is 7.07.